The third-order valence-electron chi connectivity index (χ3n) is 2.26. The van der Waals surface area contributed by atoms with Gasteiger partial charge in [0.15, 0.2) is 11.5 Å². The predicted molar refractivity (Wildman–Crippen MR) is 79.6 cm³/mol. The summed E-state index contributed by atoms with van der Waals surface area (Å²) in [6.07, 6.45) is 1.76. The van der Waals surface area contributed by atoms with Crippen LogP contribution in [0.25, 0.3) is 0 Å². The van der Waals surface area contributed by atoms with Crippen LogP contribution in [0.2, 0.25) is 0 Å². The number of halogens is 1. The molecule has 7 heteroatoms. The lowest BCUT2D eigenvalue weighted by Crippen LogP contribution is -2.16. The van der Waals surface area contributed by atoms with Crippen molar-refractivity contribution in [3.8, 4) is 11.5 Å². The highest BCUT2D eigenvalue weighted by molar-refractivity contribution is 9.10. The second kappa shape index (κ2) is 8.42. The Morgan fingerprint density at radius 3 is 2.80 bits per heavy atom. The first-order valence-electron chi connectivity index (χ1n) is 5.99. The Labute approximate surface area is 126 Å². The minimum atomic E-state index is -0.629. The molecule has 0 aromatic heterocycles. The normalized spacial score (nSPS) is 10.4. The molecule has 0 atom stereocenters. The number of hydrogen-bond donors (Lipinski definition) is 1. The third-order valence-corrected chi connectivity index (χ3v) is 2.85. The maximum atomic E-state index is 10.9. The Hall–Kier alpha value is -1.76. The van der Waals surface area contributed by atoms with Crippen LogP contribution in [0.3, 0.4) is 0 Å². The molecule has 110 valence electrons. The first kappa shape index (κ1) is 16.3. The molecule has 0 saturated heterocycles. The zero-order valence-corrected chi connectivity index (χ0v) is 13.2. The van der Waals surface area contributed by atoms with E-state index in [1.807, 2.05) is 13.0 Å². The van der Waals surface area contributed by atoms with Gasteiger partial charge in [-0.05, 0) is 40.0 Å². The van der Waals surface area contributed by atoms with Crippen LogP contribution in [0, 0.1) is 0 Å². The van der Waals surface area contributed by atoms with E-state index in [-0.39, 0.29) is 0 Å². The van der Waals surface area contributed by atoms with Crippen molar-refractivity contribution in [3.63, 3.8) is 0 Å². The molecule has 0 aliphatic rings. The Bertz CT molecular complexity index is 492. The molecule has 1 aromatic carbocycles. The second-order valence-electron chi connectivity index (χ2n) is 3.74. The van der Waals surface area contributed by atoms with E-state index >= 15 is 0 Å². The van der Waals surface area contributed by atoms with Gasteiger partial charge in [0.2, 0.25) is 0 Å². The monoisotopic (exact) mass is 344 g/mol. The molecule has 1 amide bonds. The topological polar surface area (TPSA) is 69.2 Å². The van der Waals surface area contributed by atoms with Crippen LogP contribution in [-0.2, 0) is 4.74 Å². The average Bonchev–Trinajstić information content (AvgIpc) is 2.45. The van der Waals surface area contributed by atoms with Crippen molar-refractivity contribution in [2.75, 3.05) is 20.8 Å². The number of methoxy groups -OCH3 is 2. The molecule has 0 unspecified atom stereocenters. The number of carbonyl (C=O) groups excluding carboxylic acids is 1. The van der Waals surface area contributed by atoms with Crippen LogP contribution < -0.4 is 14.9 Å². The van der Waals surface area contributed by atoms with Gasteiger partial charge >= 0.3 is 6.09 Å². The number of hydrogen-bond acceptors (Lipinski definition) is 5. The molecule has 0 aliphatic carbocycles. The quantitative estimate of drug-likeness (QED) is 0.636. The van der Waals surface area contributed by atoms with Gasteiger partial charge in [-0.3, -0.25) is 0 Å². The van der Waals surface area contributed by atoms with E-state index in [0.29, 0.717) is 18.1 Å². The second-order valence-corrected chi connectivity index (χ2v) is 4.60. The fourth-order valence-corrected chi connectivity index (χ4v) is 1.94. The van der Waals surface area contributed by atoms with E-state index in [2.05, 4.69) is 31.2 Å². The summed E-state index contributed by atoms with van der Waals surface area (Å²) in [5, 5.41) is 3.75. The van der Waals surface area contributed by atoms with E-state index in [1.54, 1.807) is 13.2 Å². The first-order chi connectivity index (χ1) is 9.62. The van der Waals surface area contributed by atoms with Gasteiger partial charge in [-0.25, -0.2) is 10.2 Å². The predicted octanol–water partition coefficient (Wildman–Crippen LogP) is 2.94. The molecule has 0 radical (unpaired) electrons. The largest absolute Gasteiger partial charge is 0.493 e. The zero-order chi connectivity index (χ0) is 15.0. The maximum absolute atomic E-state index is 10.9. The Balaban J connectivity index is 2.89. The molecule has 1 aromatic rings. The highest BCUT2D eigenvalue weighted by Crippen LogP contribution is 2.36. The lowest BCUT2D eigenvalue weighted by atomic mass is 10.2. The van der Waals surface area contributed by atoms with Crippen LogP contribution >= 0.6 is 15.9 Å². The van der Waals surface area contributed by atoms with Gasteiger partial charge in [0.05, 0.1) is 31.5 Å². The van der Waals surface area contributed by atoms with E-state index in [9.17, 15) is 4.79 Å². The molecule has 0 bridgehead atoms. The summed E-state index contributed by atoms with van der Waals surface area (Å²) in [7, 11) is 2.83. The lowest BCUT2D eigenvalue weighted by molar-refractivity contribution is 0.171. The lowest BCUT2D eigenvalue weighted by Gasteiger charge is -2.12. The molecule has 0 saturated carbocycles. The number of nitrogens with zero attached hydrogens (tertiary/aromatic N) is 1. The van der Waals surface area contributed by atoms with Crippen molar-refractivity contribution < 1.29 is 19.0 Å². The standard InChI is InChI=1S/C13H17BrN2O4/c1-4-5-20-12-10(14)6-9(7-11(12)18-2)8-15-16-13(17)19-3/h6-8H,4-5H2,1-3H3,(H,16,17)/b15-8-. The molecular formula is C13H17BrN2O4. The van der Waals surface area contributed by atoms with Crippen molar-refractivity contribution in [2.24, 2.45) is 5.10 Å². The minimum Gasteiger partial charge on any atom is -0.493 e. The van der Waals surface area contributed by atoms with Crippen molar-refractivity contribution in [1.82, 2.24) is 5.43 Å². The van der Waals surface area contributed by atoms with Crippen molar-refractivity contribution >= 4 is 28.2 Å². The number of hydrazone groups is 1. The van der Waals surface area contributed by atoms with Gasteiger partial charge < -0.3 is 14.2 Å². The molecule has 0 fully saturated rings. The van der Waals surface area contributed by atoms with Gasteiger partial charge in [0.25, 0.3) is 0 Å². The highest BCUT2D eigenvalue weighted by atomic mass is 79.9. The maximum Gasteiger partial charge on any atom is 0.427 e. The van der Waals surface area contributed by atoms with Gasteiger partial charge in [0, 0.05) is 0 Å². The fraction of sp³-hybridized carbons (Fsp3) is 0.385. The molecule has 1 rings (SSSR count). The van der Waals surface area contributed by atoms with Crippen LogP contribution in [0.1, 0.15) is 18.9 Å². The first-order valence-corrected chi connectivity index (χ1v) is 6.79. The molecule has 0 aliphatic heterocycles. The third kappa shape index (κ3) is 4.73. The summed E-state index contributed by atoms with van der Waals surface area (Å²) in [5.41, 5.74) is 2.95. The number of benzene rings is 1. The number of ether oxygens (including phenoxy) is 3. The number of carbonyl (C=O) groups is 1. The molecule has 1 N–H and O–H groups in total. The zero-order valence-electron chi connectivity index (χ0n) is 11.6. The summed E-state index contributed by atoms with van der Waals surface area (Å²) in [6, 6.07) is 3.58. The van der Waals surface area contributed by atoms with E-state index in [4.69, 9.17) is 9.47 Å². The highest BCUT2D eigenvalue weighted by Gasteiger charge is 2.10. The summed E-state index contributed by atoms with van der Waals surface area (Å²) < 4.78 is 16.1. The summed E-state index contributed by atoms with van der Waals surface area (Å²) in [6.45, 7) is 2.63. The fourth-order valence-electron chi connectivity index (χ4n) is 1.36. The van der Waals surface area contributed by atoms with Gasteiger partial charge in [-0.2, -0.15) is 5.10 Å². The molecule has 20 heavy (non-hydrogen) atoms. The van der Waals surface area contributed by atoms with E-state index in [0.717, 1.165) is 16.5 Å². The summed E-state index contributed by atoms with van der Waals surface area (Å²) in [5.74, 6) is 1.24. The smallest absolute Gasteiger partial charge is 0.427 e. The summed E-state index contributed by atoms with van der Waals surface area (Å²) >= 11 is 3.42. The van der Waals surface area contributed by atoms with Crippen molar-refractivity contribution in [1.29, 1.82) is 0 Å². The number of rotatable bonds is 6. The van der Waals surface area contributed by atoms with Gasteiger partial charge in [-0.1, -0.05) is 6.92 Å². The SMILES string of the molecule is CCCOc1c(Br)cc(/C=N\NC(=O)OC)cc1OC. The Morgan fingerprint density at radius 1 is 1.45 bits per heavy atom. The molecule has 0 heterocycles. The Kier molecular flexibility index (Phi) is 6.86. The summed E-state index contributed by atoms with van der Waals surface area (Å²) in [4.78, 5) is 10.9. The van der Waals surface area contributed by atoms with E-state index in [1.165, 1.54) is 13.3 Å². The van der Waals surface area contributed by atoms with Crippen LogP contribution in [-0.4, -0.2) is 33.1 Å². The van der Waals surface area contributed by atoms with Crippen molar-refractivity contribution in [3.05, 3.63) is 22.2 Å². The number of nitrogens with one attached hydrogen (secondary N) is 1. The van der Waals surface area contributed by atoms with Crippen LogP contribution in [0.4, 0.5) is 4.79 Å². The van der Waals surface area contributed by atoms with Crippen molar-refractivity contribution in [2.45, 2.75) is 13.3 Å². The van der Waals surface area contributed by atoms with Crippen LogP contribution in [0.5, 0.6) is 11.5 Å². The molecule has 6 nitrogen and oxygen atoms in total. The average molecular weight is 345 g/mol. The number of amides is 1. The van der Waals surface area contributed by atoms with Gasteiger partial charge in [0.1, 0.15) is 0 Å². The minimum absolute atomic E-state index is 0.590. The Morgan fingerprint density at radius 2 is 2.20 bits per heavy atom. The van der Waals surface area contributed by atoms with E-state index < -0.39 is 6.09 Å². The van der Waals surface area contributed by atoms with Crippen LogP contribution in [0.15, 0.2) is 21.7 Å². The van der Waals surface area contributed by atoms with Gasteiger partial charge in [-0.15, -0.1) is 0 Å². The molecular weight excluding hydrogens is 328 g/mol. The molecule has 0 spiro atoms.